The second-order valence-corrected chi connectivity index (χ2v) is 5.46. The normalized spacial score (nSPS) is 23.1. The molecule has 4 heteroatoms. The Bertz CT molecular complexity index is 447. The Morgan fingerprint density at radius 3 is 2.53 bits per heavy atom. The van der Waals surface area contributed by atoms with Gasteiger partial charge in [0.15, 0.2) is 0 Å². The smallest absolute Gasteiger partial charge is 0.260 e. The van der Waals surface area contributed by atoms with Crippen molar-refractivity contribution < 1.29 is 14.3 Å². The third-order valence-electron chi connectivity index (χ3n) is 4.06. The lowest BCUT2D eigenvalue weighted by molar-refractivity contribution is 0.0671. The van der Waals surface area contributed by atoms with Crippen molar-refractivity contribution in [2.24, 2.45) is 5.92 Å². The number of nitrogens with zero attached hydrogens (tertiary/aromatic N) is 1. The monoisotopic (exact) mass is 265 g/mol. The van der Waals surface area contributed by atoms with Crippen LogP contribution >= 0.6 is 0 Å². The van der Waals surface area contributed by atoms with Gasteiger partial charge in [0, 0.05) is 13.1 Å². The number of amides is 1. The van der Waals surface area contributed by atoms with E-state index in [0.29, 0.717) is 5.92 Å². The molecule has 19 heavy (non-hydrogen) atoms. The van der Waals surface area contributed by atoms with Crippen LogP contribution in [0.1, 0.15) is 43.0 Å². The van der Waals surface area contributed by atoms with Crippen molar-refractivity contribution in [3.05, 3.63) is 29.6 Å². The van der Waals surface area contributed by atoms with Gasteiger partial charge in [0.25, 0.3) is 5.91 Å². The van der Waals surface area contributed by atoms with Crippen LogP contribution in [0.4, 0.5) is 4.39 Å². The van der Waals surface area contributed by atoms with E-state index in [-0.39, 0.29) is 17.4 Å². The van der Waals surface area contributed by atoms with Gasteiger partial charge in [-0.15, -0.1) is 0 Å². The summed E-state index contributed by atoms with van der Waals surface area (Å²) in [6, 6.07) is 4.07. The quantitative estimate of drug-likeness (QED) is 0.892. The first-order valence-electron chi connectivity index (χ1n) is 6.75. The lowest BCUT2D eigenvalue weighted by Crippen LogP contribution is -2.39. The van der Waals surface area contributed by atoms with E-state index in [1.165, 1.54) is 18.2 Å². The van der Waals surface area contributed by atoms with E-state index in [1.54, 1.807) is 11.9 Å². The third kappa shape index (κ3) is 2.88. The van der Waals surface area contributed by atoms with E-state index in [2.05, 4.69) is 6.92 Å². The Labute approximate surface area is 113 Å². The fraction of sp³-hybridized carbons (Fsp3) is 0.533. The predicted octanol–water partition coefficient (Wildman–Crippen LogP) is 3.18. The average molecular weight is 265 g/mol. The summed E-state index contributed by atoms with van der Waals surface area (Å²) in [6.07, 6.45) is 4.06. The summed E-state index contributed by atoms with van der Waals surface area (Å²) in [6.45, 7) is 2.21. The third-order valence-corrected chi connectivity index (χ3v) is 4.06. The maximum absolute atomic E-state index is 13.7. The SMILES string of the molecule is CC1CCC(N(C)C(=O)c2c(O)cccc2F)CC1. The predicted molar refractivity (Wildman–Crippen MR) is 71.6 cm³/mol. The first kappa shape index (κ1) is 13.8. The number of carbonyl (C=O) groups is 1. The second-order valence-electron chi connectivity index (χ2n) is 5.46. The van der Waals surface area contributed by atoms with Gasteiger partial charge < -0.3 is 10.0 Å². The highest BCUT2D eigenvalue weighted by Crippen LogP contribution is 2.29. The lowest BCUT2D eigenvalue weighted by Gasteiger charge is -2.33. The maximum Gasteiger partial charge on any atom is 0.260 e. The number of carbonyl (C=O) groups excluding carboxylic acids is 1. The van der Waals surface area contributed by atoms with Gasteiger partial charge in [-0.05, 0) is 43.7 Å². The zero-order valence-electron chi connectivity index (χ0n) is 11.4. The fourth-order valence-corrected chi connectivity index (χ4v) is 2.70. The van der Waals surface area contributed by atoms with Crippen LogP contribution in [0.2, 0.25) is 0 Å². The summed E-state index contributed by atoms with van der Waals surface area (Å²) >= 11 is 0. The summed E-state index contributed by atoms with van der Waals surface area (Å²) in [5, 5.41) is 9.66. The number of rotatable bonds is 2. The average Bonchev–Trinajstić information content (AvgIpc) is 2.38. The molecule has 0 radical (unpaired) electrons. The van der Waals surface area contributed by atoms with Crippen LogP contribution in [-0.4, -0.2) is 29.0 Å². The Morgan fingerprint density at radius 2 is 1.95 bits per heavy atom. The van der Waals surface area contributed by atoms with Gasteiger partial charge in [-0.3, -0.25) is 4.79 Å². The van der Waals surface area contributed by atoms with Gasteiger partial charge in [0.05, 0.1) is 0 Å². The van der Waals surface area contributed by atoms with Crippen LogP contribution < -0.4 is 0 Å². The molecule has 0 bridgehead atoms. The van der Waals surface area contributed by atoms with E-state index in [0.717, 1.165) is 25.7 Å². The summed E-state index contributed by atoms with van der Waals surface area (Å²) in [7, 11) is 1.69. The highest BCUT2D eigenvalue weighted by atomic mass is 19.1. The number of benzene rings is 1. The molecule has 1 N–H and O–H groups in total. The van der Waals surface area contributed by atoms with Gasteiger partial charge in [-0.1, -0.05) is 13.0 Å². The van der Waals surface area contributed by atoms with E-state index in [9.17, 15) is 14.3 Å². The lowest BCUT2D eigenvalue weighted by atomic mass is 9.86. The van der Waals surface area contributed by atoms with Crippen molar-refractivity contribution in [3.8, 4) is 5.75 Å². The summed E-state index contributed by atoms with van der Waals surface area (Å²) in [4.78, 5) is 13.9. The van der Waals surface area contributed by atoms with Crippen LogP contribution in [-0.2, 0) is 0 Å². The maximum atomic E-state index is 13.7. The molecule has 1 fully saturated rings. The molecule has 1 aliphatic rings. The van der Waals surface area contributed by atoms with Crippen molar-refractivity contribution in [1.82, 2.24) is 4.90 Å². The van der Waals surface area contributed by atoms with Gasteiger partial charge in [-0.2, -0.15) is 0 Å². The first-order chi connectivity index (χ1) is 9.00. The van der Waals surface area contributed by atoms with Crippen molar-refractivity contribution in [2.75, 3.05) is 7.05 Å². The summed E-state index contributed by atoms with van der Waals surface area (Å²) in [5.41, 5.74) is -0.219. The minimum atomic E-state index is -0.666. The highest BCUT2D eigenvalue weighted by Gasteiger charge is 2.28. The first-order valence-corrected chi connectivity index (χ1v) is 6.75. The Balaban J connectivity index is 2.15. The van der Waals surface area contributed by atoms with Crippen molar-refractivity contribution in [3.63, 3.8) is 0 Å². The number of hydrogen-bond acceptors (Lipinski definition) is 2. The zero-order valence-corrected chi connectivity index (χ0v) is 11.4. The minimum Gasteiger partial charge on any atom is -0.507 e. The molecule has 1 amide bonds. The molecule has 0 aliphatic heterocycles. The summed E-state index contributed by atoms with van der Waals surface area (Å²) in [5.74, 6) is -0.696. The molecule has 3 nitrogen and oxygen atoms in total. The Hall–Kier alpha value is -1.58. The van der Waals surface area contributed by atoms with Crippen LogP contribution in [0.25, 0.3) is 0 Å². The molecule has 2 rings (SSSR count). The molecule has 0 unspecified atom stereocenters. The van der Waals surface area contributed by atoms with Crippen molar-refractivity contribution >= 4 is 5.91 Å². The second kappa shape index (κ2) is 5.59. The molecule has 0 spiro atoms. The van der Waals surface area contributed by atoms with Crippen LogP contribution in [0.5, 0.6) is 5.75 Å². The molecular weight excluding hydrogens is 245 g/mol. The molecule has 1 aromatic rings. The van der Waals surface area contributed by atoms with Gasteiger partial charge >= 0.3 is 0 Å². The standard InChI is InChI=1S/C15H20FNO2/c1-10-6-8-11(9-7-10)17(2)15(19)14-12(16)4-3-5-13(14)18/h3-5,10-11,18H,6-9H2,1-2H3. The van der Waals surface area contributed by atoms with Crippen LogP contribution in [0, 0.1) is 11.7 Å². The number of halogens is 1. The van der Waals surface area contributed by atoms with E-state index in [4.69, 9.17) is 0 Å². The number of hydrogen-bond donors (Lipinski definition) is 1. The molecule has 1 aromatic carbocycles. The molecular formula is C15H20FNO2. The largest absolute Gasteiger partial charge is 0.507 e. The number of aromatic hydroxyl groups is 1. The van der Waals surface area contributed by atoms with Crippen molar-refractivity contribution in [2.45, 2.75) is 38.6 Å². The fourth-order valence-electron chi connectivity index (χ4n) is 2.70. The van der Waals surface area contributed by atoms with Gasteiger partial charge in [0.2, 0.25) is 0 Å². The molecule has 0 aromatic heterocycles. The van der Waals surface area contributed by atoms with E-state index >= 15 is 0 Å². The molecule has 0 heterocycles. The van der Waals surface area contributed by atoms with Gasteiger partial charge in [-0.25, -0.2) is 4.39 Å². The number of phenolic OH excluding ortho intramolecular Hbond substituents is 1. The van der Waals surface area contributed by atoms with Crippen LogP contribution in [0.15, 0.2) is 18.2 Å². The topological polar surface area (TPSA) is 40.5 Å². The highest BCUT2D eigenvalue weighted by molar-refractivity contribution is 5.97. The van der Waals surface area contributed by atoms with Gasteiger partial charge in [0.1, 0.15) is 17.1 Å². The Kier molecular flexibility index (Phi) is 4.08. The van der Waals surface area contributed by atoms with Crippen LogP contribution in [0.3, 0.4) is 0 Å². The summed E-state index contributed by atoms with van der Waals surface area (Å²) < 4.78 is 13.7. The molecule has 0 saturated heterocycles. The van der Waals surface area contributed by atoms with E-state index < -0.39 is 11.7 Å². The van der Waals surface area contributed by atoms with E-state index in [1.807, 2.05) is 0 Å². The molecule has 1 saturated carbocycles. The molecule has 1 aliphatic carbocycles. The zero-order chi connectivity index (χ0) is 14.0. The molecule has 104 valence electrons. The minimum absolute atomic E-state index is 0.141. The Morgan fingerprint density at radius 1 is 1.32 bits per heavy atom. The van der Waals surface area contributed by atoms with Crippen molar-refractivity contribution in [1.29, 1.82) is 0 Å². The number of phenols is 1. The molecule has 0 atom stereocenters.